The molecule has 1 aliphatic carbocycles. The lowest BCUT2D eigenvalue weighted by molar-refractivity contribution is -0.121. The van der Waals surface area contributed by atoms with Gasteiger partial charge in [-0.1, -0.05) is 19.1 Å². The highest BCUT2D eigenvalue weighted by molar-refractivity contribution is 5.80. The Kier molecular flexibility index (Phi) is 2.99. The fourth-order valence-corrected chi connectivity index (χ4v) is 2.53. The normalized spacial score (nSPS) is 25.5. The first-order valence-corrected chi connectivity index (χ1v) is 5.80. The van der Waals surface area contributed by atoms with E-state index in [4.69, 9.17) is 4.74 Å². The number of ketones is 1. The molecule has 0 radical (unpaired) electrons. The zero-order valence-electron chi connectivity index (χ0n) is 9.95. The van der Waals surface area contributed by atoms with Gasteiger partial charge in [0, 0.05) is 12.8 Å². The molecule has 0 aliphatic heterocycles. The summed E-state index contributed by atoms with van der Waals surface area (Å²) in [7, 11) is 1.67. The summed E-state index contributed by atoms with van der Waals surface area (Å²) in [6, 6.07) is 8.11. The van der Waals surface area contributed by atoms with Crippen molar-refractivity contribution in [2.45, 2.75) is 38.0 Å². The number of carbonyl (C=O) groups is 1. The van der Waals surface area contributed by atoms with Gasteiger partial charge in [-0.05, 0) is 36.0 Å². The van der Waals surface area contributed by atoms with Crippen LogP contribution in [0.5, 0.6) is 5.75 Å². The Balaban J connectivity index is 2.24. The molecule has 0 N–H and O–H groups in total. The molecular weight excluding hydrogens is 200 g/mol. The summed E-state index contributed by atoms with van der Waals surface area (Å²) in [6.07, 6.45) is 3.55. The van der Waals surface area contributed by atoms with E-state index in [1.807, 2.05) is 12.1 Å². The van der Waals surface area contributed by atoms with Crippen LogP contribution in [0.4, 0.5) is 0 Å². The monoisotopic (exact) mass is 218 g/mol. The molecule has 0 saturated heterocycles. The molecular formula is C14H18O2. The van der Waals surface area contributed by atoms with E-state index in [2.05, 4.69) is 19.1 Å². The van der Waals surface area contributed by atoms with Gasteiger partial charge in [0.1, 0.15) is 11.5 Å². The second-order valence-corrected chi connectivity index (χ2v) is 4.86. The Bertz CT molecular complexity index is 380. The minimum atomic E-state index is 0.0294. The Labute approximate surface area is 96.6 Å². The van der Waals surface area contributed by atoms with Crippen molar-refractivity contribution in [1.82, 2.24) is 0 Å². The summed E-state index contributed by atoms with van der Waals surface area (Å²) < 4.78 is 5.14. The lowest BCUT2D eigenvalue weighted by atomic mass is 9.70. The van der Waals surface area contributed by atoms with Crippen LogP contribution >= 0.6 is 0 Å². The van der Waals surface area contributed by atoms with Gasteiger partial charge in [0.05, 0.1) is 7.11 Å². The highest BCUT2D eigenvalue weighted by atomic mass is 16.5. The van der Waals surface area contributed by atoms with Gasteiger partial charge in [0.2, 0.25) is 0 Å². The third kappa shape index (κ3) is 2.11. The van der Waals surface area contributed by atoms with Gasteiger partial charge < -0.3 is 4.74 Å². The fraction of sp³-hybridized carbons (Fsp3) is 0.500. The van der Waals surface area contributed by atoms with Crippen LogP contribution in [0, 0.1) is 0 Å². The summed E-state index contributed by atoms with van der Waals surface area (Å²) in [5.41, 5.74) is 1.28. The molecule has 0 bridgehead atoms. The molecule has 1 aromatic rings. The van der Waals surface area contributed by atoms with Crippen LogP contribution < -0.4 is 4.74 Å². The lowest BCUT2D eigenvalue weighted by Gasteiger charge is -2.33. The average molecular weight is 218 g/mol. The molecule has 0 amide bonds. The maximum atomic E-state index is 11.6. The summed E-state index contributed by atoms with van der Waals surface area (Å²) in [6.45, 7) is 2.19. The minimum absolute atomic E-state index is 0.0294. The van der Waals surface area contributed by atoms with E-state index in [-0.39, 0.29) is 5.41 Å². The average Bonchev–Trinajstić information content (AvgIpc) is 2.29. The Hall–Kier alpha value is -1.31. The van der Waals surface area contributed by atoms with Gasteiger partial charge in [0.25, 0.3) is 0 Å². The molecule has 1 aromatic carbocycles. The van der Waals surface area contributed by atoms with E-state index < -0.39 is 0 Å². The van der Waals surface area contributed by atoms with Crippen LogP contribution in [0.2, 0.25) is 0 Å². The van der Waals surface area contributed by atoms with Crippen molar-refractivity contribution < 1.29 is 9.53 Å². The molecule has 1 saturated carbocycles. The van der Waals surface area contributed by atoms with E-state index in [0.29, 0.717) is 12.2 Å². The second kappa shape index (κ2) is 4.28. The van der Waals surface area contributed by atoms with Crippen molar-refractivity contribution in [2.24, 2.45) is 0 Å². The number of benzene rings is 1. The highest BCUT2D eigenvalue weighted by Crippen LogP contribution is 2.37. The van der Waals surface area contributed by atoms with Gasteiger partial charge in [-0.3, -0.25) is 4.79 Å². The number of ether oxygens (including phenoxy) is 1. The first kappa shape index (κ1) is 11.2. The second-order valence-electron chi connectivity index (χ2n) is 4.86. The number of hydrogen-bond donors (Lipinski definition) is 0. The van der Waals surface area contributed by atoms with Crippen molar-refractivity contribution in [2.75, 3.05) is 7.11 Å². The number of methoxy groups -OCH3 is 1. The van der Waals surface area contributed by atoms with E-state index in [0.717, 1.165) is 25.0 Å². The molecule has 1 aliphatic rings. The van der Waals surface area contributed by atoms with Crippen LogP contribution in [0.25, 0.3) is 0 Å². The largest absolute Gasteiger partial charge is 0.497 e. The standard InChI is InChI=1S/C14H18O2/c1-14(9-3-4-12(15)10-14)11-5-7-13(16-2)8-6-11/h5-8H,3-4,9-10H2,1-2H3/t14-/m0/s1. The summed E-state index contributed by atoms with van der Waals surface area (Å²) in [5, 5.41) is 0. The number of hydrogen-bond acceptors (Lipinski definition) is 2. The third-order valence-electron chi connectivity index (χ3n) is 3.56. The van der Waals surface area contributed by atoms with Gasteiger partial charge in [-0.15, -0.1) is 0 Å². The Morgan fingerprint density at radius 1 is 1.25 bits per heavy atom. The number of rotatable bonds is 2. The molecule has 86 valence electrons. The lowest BCUT2D eigenvalue weighted by Crippen LogP contribution is -2.29. The molecule has 16 heavy (non-hydrogen) atoms. The van der Waals surface area contributed by atoms with Crippen LogP contribution in [-0.4, -0.2) is 12.9 Å². The molecule has 0 spiro atoms. The first-order chi connectivity index (χ1) is 7.64. The first-order valence-electron chi connectivity index (χ1n) is 5.80. The molecule has 2 heteroatoms. The van der Waals surface area contributed by atoms with Crippen LogP contribution in [0.1, 0.15) is 38.2 Å². The van der Waals surface area contributed by atoms with Crippen molar-refractivity contribution in [3.8, 4) is 5.75 Å². The van der Waals surface area contributed by atoms with Gasteiger partial charge in [-0.25, -0.2) is 0 Å². The van der Waals surface area contributed by atoms with Gasteiger partial charge >= 0.3 is 0 Å². The predicted octanol–water partition coefficient (Wildman–Crippen LogP) is 3.10. The Morgan fingerprint density at radius 3 is 2.50 bits per heavy atom. The zero-order chi connectivity index (χ0) is 11.6. The maximum Gasteiger partial charge on any atom is 0.133 e. The summed E-state index contributed by atoms with van der Waals surface area (Å²) in [4.78, 5) is 11.6. The van der Waals surface area contributed by atoms with Crippen molar-refractivity contribution in [3.05, 3.63) is 29.8 Å². The van der Waals surface area contributed by atoms with E-state index >= 15 is 0 Å². The topological polar surface area (TPSA) is 26.3 Å². The maximum absolute atomic E-state index is 11.6. The van der Waals surface area contributed by atoms with Gasteiger partial charge in [-0.2, -0.15) is 0 Å². The highest BCUT2D eigenvalue weighted by Gasteiger charge is 2.32. The molecule has 2 rings (SSSR count). The van der Waals surface area contributed by atoms with Crippen LogP contribution in [0.3, 0.4) is 0 Å². The zero-order valence-corrected chi connectivity index (χ0v) is 9.95. The molecule has 0 unspecified atom stereocenters. The smallest absolute Gasteiger partial charge is 0.133 e. The number of Topliss-reactive ketones (excluding diaryl/α,β-unsaturated/α-hetero) is 1. The van der Waals surface area contributed by atoms with Crippen molar-refractivity contribution >= 4 is 5.78 Å². The SMILES string of the molecule is COc1ccc([C@@]2(C)CCCC(=O)C2)cc1. The molecule has 2 nitrogen and oxygen atoms in total. The van der Waals surface area contributed by atoms with Crippen LogP contribution in [0.15, 0.2) is 24.3 Å². The van der Waals surface area contributed by atoms with Crippen molar-refractivity contribution in [3.63, 3.8) is 0 Å². The third-order valence-corrected chi connectivity index (χ3v) is 3.56. The van der Waals surface area contributed by atoms with E-state index in [1.165, 1.54) is 5.56 Å². The molecule has 0 aromatic heterocycles. The quantitative estimate of drug-likeness (QED) is 0.762. The van der Waals surface area contributed by atoms with Crippen molar-refractivity contribution in [1.29, 1.82) is 0 Å². The predicted molar refractivity (Wildman–Crippen MR) is 63.8 cm³/mol. The molecule has 1 fully saturated rings. The summed E-state index contributed by atoms with van der Waals surface area (Å²) in [5.74, 6) is 1.26. The fourth-order valence-electron chi connectivity index (χ4n) is 2.53. The number of carbonyl (C=O) groups excluding carboxylic acids is 1. The Morgan fingerprint density at radius 2 is 1.94 bits per heavy atom. The van der Waals surface area contributed by atoms with E-state index in [1.54, 1.807) is 7.11 Å². The van der Waals surface area contributed by atoms with Gasteiger partial charge in [0.15, 0.2) is 0 Å². The van der Waals surface area contributed by atoms with Crippen LogP contribution in [-0.2, 0) is 10.2 Å². The minimum Gasteiger partial charge on any atom is -0.497 e. The molecule has 1 atom stereocenters. The summed E-state index contributed by atoms with van der Waals surface area (Å²) >= 11 is 0. The van der Waals surface area contributed by atoms with E-state index in [9.17, 15) is 4.79 Å². The molecule has 0 heterocycles.